The zero-order chi connectivity index (χ0) is 38.2. The van der Waals surface area contributed by atoms with Crippen LogP contribution in [-0.4, -0.2) is 77.8 Å². The lowest BCUT2D eigenvalue weighted by Crippen LogP contribution is -2.33. The maximum atomic E-state index is 12.4. The van der Waals surface area contributed by atoms with Gasteiger partial charge >= 0.3 is 0 Å². The molecule has 0 aromatic heterocycles. The van der Waals surface area contributed by atoms with E-state index >= 15 is 0 Å². The van der Waals surface area contributed by atoms with E-state index in [0.29, 0.717) is 45.3 Å². The van der Waals surface area contributed by atoms with Gasteiger partial charge in [0.05, 0.1) is 15.5 Å². The highest BCUT2D eigenvalue weighted by molar-refractivity contribution is 7.85. The second kappa shape index (κ2) is 17.0. The molecule has 3 aliphatic rings. The van der Waals surface area contributed by atoms with Crippen LogP contribution in [0.15, 0.2) is 96.8 Å². The number of carbonyl (C=O) groups excluding carboxylic acids is 3. The highest BCUT2D eigenvalue weighted by Gasteiger charge is 2.44. The molecule has 0 radical (unpaired) electrons. The van der Waals surface area contributed by atoms with E-state index in [9.17, 15) is 27.4 Å². The molecule has 1 N–H and O–H groups in total. The van der Waals surface area contributed by atoms with E-state index in [4.69, 9.17) is 0 Å². The number of rotatable bonds is 18. The van der Waals surface area contributed by atoms with Crippen molar-refractivity contribution in [3.63, 3.8) is 0 Å². The molecule has 0 spiro atoms. The van der Waals surface area contributed by atoms with Gasteiger partial charge in [-0.2, -0.15) is 4.58 Å². The van der Waals surface area contributed by atoms with Gasteiger partial charge in [-0.3, -0.25) is 19.3 Å². The van der Waals surface area contributed by atoms with Crippen molar-refractivity contribution < 1.29 is 31.9 Å². The summed E-state index contributed by atoms with van der Waals surface area (Å²) in [5.74, 6) is -0.974. The smallest absolute Gasteiger partial charge is 0.253 e. The second-order valence-electron chi connectivity index (χ2n) is 14.9. The Morgan fingerprint density at radius 2 is 1.47 bits per heavy atom. The van der Waals surface area contributed by atoms with Gasteiger partial charge in [0.25, 0.3) is 11.8 Å². The zero-order valence-corrected chi connectivity index (χ0v) is 32.2. The minimum atomic E-state index is -4.23. The maximum absolute atomic E-state index is 12.4. The lowest BCUT2D eigenvalue weighted by atomic mass is 9.81. The van der Waals surface area contributed by atoms with Crippen LogP contribution in [-0.2, 0) is 35.3 Å². The number of amides is 3. The van der Waals surface area contributed by atoms with Crippen LogP contribution >= 0.6 is 0 Å². The SMILES string of the molecule is CC1(C)C(/C=C/C=C/C=C2/N(CCCCS(=O)(=O)[O-])c3ccccc3C2(C)C)=[N+](CCCCCC(=O)NCCCN2C(=O)C=CC2=O)c2ccccc21. The van der Waals surface area contributed by atoms with Crippen molar-refractivity contribution in [3.05, 3.63) is 108 Å². The maximum Gasteiger partial charge on any atom is 0.253 e. The number of imide groups is 1. The lowest BCUT2D eigenvalue weighted by molar-refractivity contribution is -0.438. The Kier molecular flexibility index (Phi) is 12.7. The molecule has 5 rings (SSSR count). The van der Waals surface area contributed by atoms with Crippen molar-refractivity contribution >= 4 is 44.9 Å². The number of unbranched alkanes of at least 4 members (excludes halogenated alkanes) is 3. The first-order chi connectivity index (χ1) is 25.2. The first-order valence-electron chi connectivity index (χ1n) is 18.6. The highest BCUT2D eigenvalue weighted by atomic mass is 32.2. The quantitative estimate of drug-likeness (QED) is 0.0636. The Morgan fingerprint density at radius 3 is 2.21 bits per heavy atom. The fraction of sp³-hybridized carbons (Fsp3) is 0.429. The Morgan fingerprint density at radius 1 is 0.792 bits per heavy atom. The molecule has 0 atom stereocenters. The highest BCUT2D eigenvalue weighted by Crippen LogP contribution is 2.47. The van der Waals surface area contributed by atoms with Crippen LogP contribution in [0.25, 0.3) is 0 Å². The molecule has 0 saturated heterocycles. The first-order valence-corrected chi connectivity index (χ1v) is 20.2. The molecule has 0 fully saturated rings. The molecular weight excluding hydrogens is 689 g/mol. The largest absolute Gasteiger partial charge is 0.748 e. The second-order valence-corrected chi connectivity index (χ2v) is 16.4. The fourth-order valence-electron chi connectivity index (χ4n) is 7.61. The molecule has 0 saturated carbocycles. The van der Waals surface area contributed by atoms with Gasteiger partial charge < -0.3 is 14.8 Å². The Hall–Kier alpha value is -4.61. The van der Waals surface area contributed by atoms with Crippen LogP contribution in [0.3, 0.4) is 0 Å². The van der Waals surface area contributed by atoms with Crippen LogP contribution in [0.4, 0.5) is 11.4 Å². The number of benzene rings is 2. The van der Waals surface area contributed by atoms with Crippen LogP contribution in [0.2, 0.25) is 0 Å². The summed E-state index contributed by atoms with van der Waals surface area (Å²) in [6.45, 7) is 11.1. The number of hydrogen-bond acceptors (Lipinski definition) is 7. The number of nitrogens with one attached hydrogen (secondary N) is 1. The normalized spacial score (nSPS) is 18.3. The van der Waals surface area contributed by atoms with Crippen molar-refractivity contribution in [1.29, 1.82) is 0 Å². The molecule has 10 nitrogen and oxygen atoms in total. The minimum absolute atomic E-state index is 0.0190. The van der Waals surface area contributed by atoms with E-state index in [2.05, 4.69) is 109 Å². The molecule has 282 valence electrons. The summed E-state index contributed by atoms with van der Waals surface area (Å²) in [5.41, 5.74) is 6.71. The molecule has 0 unspecified atom stereocenters. The fourth-order valence-corrected chi connectivity index (χ4v) is 8.16. The van der Waals surface area contributed by atoms with Crippen LogP contribution < -0.4 is 10.2 Å². The van der Waals surface area contributed by atoms with Crippen molar-refractivity contribution in [1.82, 2.24) is 10.2 Å². The summed E-state index contributed by atoms with van der Waals surface area (Å²) < 4.78 is 35.9. The van der Waals surface area contributed by atoms with E-state index in [-0.39, 0.29) is 34.3 Å². The van der Waals surface area contributed by atoms with Crippen molar-refractivity contribution in [2.75, 3.05) is 36.8 Å². The average molecular weight is 741 g/mol. The number of fused-ring (bicyclic) bond motifs is 2. The van der Waals surface area contributed by atoms with Crippen molar-refractivity contribution in [2.24, 2.45) is 0 Å². The van der Waals surface area contributed by atoms with E-state index in [0.717, 1.165) is 37.2 Å². The monoisotopic (exact) mass is 740 g/mol. The summed E-state index contributed by atoms with van der Waals surface area (Å²) in [7, 11) is -4.23. The summed E-state index contributed by atoms with van der Waals surface area (Å²) >= 11 is 0. The molecule has 3 aliphatic heterocycles. The van der Waals surface area contributed by atoms with Gasteiger partial charge in [0, 0.05) is 84.9 Å². The molecule has 11 heteroatoms. The van der Waals surface area contributed by atoms with Gasteiger partial charge in [-0.1, -0.05) is 68.5 Å². The summed E-state index contributed by atoms with van der Waals surface area (Å²) in [6, 6.07) is 16.8. The molecule has 2 aromatic rings. The third kappa shape index (κ3) is 9.50. The molecular formula is C42H52N4O6S. The minimum Gasteiger partial charge on any atom is -0.748 e. The third-order valence-corrected chi connectivity index (χ3v) is 11.2. The van der Waals surface area contributed by atoms with Gasteiger partial charge in [-0.25, -0.2) is 8.42 Å². The molecule has 3 heterocycles. The predicted molar refractivity (Wildman–Crippen MR) is 208 cm³/mol. The summed E-state index contributed by atoms with van der Waals surface area (Å²) in [5, 5.41) is 2.90. The molecule has 2 aromatic carbocycles. The molecule has 53 heavy (non-hydrogen) atoms. The average Bonchev–Trinajstić information content (AvgIpc) is 3.63. The Balaban J connectivity index is 1.19. The molecule has 0 bridgehead atoms. The number of carbonyl (C=O) groups is 3. The van der Waals surface area contributed by atoms with Gasteiger partial charge in [-0.15, -0.1) is 0 Å². The van der Waals surface area contributed by atoms with E-state index < -0.39 is 10.1 Å². The molecule has 3 amide bonds. The standard InChI is InChI=1S/C42H52N4O6S/c1-41(2)32-18-10-12-20-34(32)44(28-14-6-9-24-38(47)43-27-17-30-46-39(48)25-26-40(46)49)36(41)22-7-5-8-23-37-42(3,4)33-19-11-13-21-35(33)45(37)29-15-16-31-53(50,51)52/h5,7-8,10-13,18-23,25-26H,6,9,14-17,24,27-31H2,1-4H3,(H-,43,47,50,51,52). The number of allylic oxidation sites excluding steroid dienone is 6. The van der Waals surface area contributed by atoms with Gasteiger partial charge in [0.15, 0.2) is 5.71 Å². The number of para-hydroxylation sites is 2. The topological polar surface area (TPSA) is 130 Å². The summed E-state index contributed by atoms with van der Waals surface area (Å²) in [6.07, 6.45) is 17.5. The van der Waals surface area contributed by atoms with Gasteiger partial charge in [0.1, 0.15) is 6.54 Å². The predicted octanol–water partition coefficient (Wildman–Crippen LogP) is 6.17. The van der Waals surface area contributed by atoms with E-state index in [1.165, 1.54) is 39.6 Å². The van der Waals surface area contributed by atoms with E-state index in [1.807, 2.05) is 12.1 Å². The van der Waals surface area contributed by atoms with Crippen LogP contribution in [0.5, 0.6) is 0 Å². The van der Waals surface area contributed by atoms with Gasteiger partial charge in [-0.05, 0) is 63.7 Å². The first kappa shape index (κ1) is 39.6. The van der Waals surface area contributed by atoms with Crippen molar-refractivity contribution in [3.8, 4) is 0 Å². The number of nitrogens with zero attached hydrogens (tertiary/aromatic N) is 3. The number of anilines is 1. The lowest BCUT2D eigenvalue weighted by Gasteiger charge is -2.27. The molecule has 0 aliphatic carbocycles. The summed E-state index contributed by atoms with van der Waals surface area (Å²) in [4.78, 5) is 39.2. The van der Waals surface area contributed by atoms with Crippen LogP contribution in [0, 0.1) is 0 Å². The Bertz CT molecular complexity index is 1950. The zero-order valence-electron chi connectivity index (χ0n) is 31.3. The third-order valence-electron chi connectivity index (χ3n) is 10.4. The van der Waals surface area contributed by atoms with Crippen LogP contribution in [0.1, 0.15) is 83.8 Å². The number of hydrogen-bond donors (Lipinski definition) is 1. The Labute approximate surface area is 314 Å². The van der Waals surface area contributed by atoms with Crippen molar-refractivity contribution in [2.45, 2.75) is 83.5 Å². The van der Waals surface area contributed by atoms with Gasteiger partial charge in [0.2, 0.25) is 11.6 Å². The van der Waals surface area contributed by atoms with E-state index in [1.54, 1.807) is 0 Å².